The zero-order valence-electron chi connectivity index (χ0n) is 10.0. The highest BCUT2D eigenvalue weighted by Gasteiger charge is 2.28. The molecular weight excluding hydrogens is 210 g/mol. The topological polar surface area (TPSA) is 46.2 Å². The number of hydrogen-bond donors (Lipinski definition) is 1. The van der Waals surface area contributed by atoms with Gasteiger partial charge >= 0.3 is 0 Å². The lowest BCUT2D eigenvalue weighted by Gasteiger charge is -2.19. The van der Waals surface area contributed by atoms with Crippen molar-refractivity contribution in [3.05, 3.63) is 0 Å². The second-order valence-corrected chi connectivity index (χ2v) is 8.28. The van der Waals surface area contributed by atoms with Crippen molar-refractivity contribution in [2.24, 2.45) is 5.92 Å². The molecule has 0 aliphatic heterocycles. The van der Waals surface area contributed by atoms with Gasteiger partial charge in [0.2, 0.25) is 0 Å². The summed E-state index contributed by atoms with van der Waals surface area (Å²) < 4.78 is 22.8. The van der Waals surface area contributed by atoms with Crippen LogP contribution in [0.15, 0.2) is 0 Å². The minimum absolute atomic E-state index is 0.251. The van der Waals surface area contributed by atoms with Crippen molar-refractivity contribution in [3.63, 3.8) is 0 Å². The summed E-state index contributed by atoms with van der Waals surface area (Å²) >= 11 is 0. The molecule has 0 bridgehead atoms. The minimum Gasteiger partial charge on any atom is -0.316 e. The summed E-state index contributed by atoms with van der Waals surface area (Å²) in [6.07, 6.45) is 3.93. The van der Waals surface area contributed by atoms with Crippen LogP contribution in [0.5, 0.6) is 0 Å². The highest BCUT2D eigenvalue weighted by molar-refractivity contribution is 7.92. The SMILES string of the molecule is CC(C)(C)S(=O)(=O)CCNCCC1CC1. The number of rotatable bonds is 6. The lowest BCUT2D eigenvalue weighted by atomic mass is 10.3. The molecule has 0 heterocycles. The third kappa shape index (κ3) is 4.51. The van der Waals surface area contributed by atoms with Crippen molar-refractivity contribution in [2.45, 2.75) is 44.8 Å². The summed E-state index contributed by atoms with van der Waals surface area (Å²) in [5.74, 6) is 1.16. The van der Waals surface area contributed by atoms with E-state index in [-0.39, 0.29) is 5.75 Å². The molecule has 90 valence electrons. The fourth-order valence-corrected chi connectivity index (χ4v) is 2.38. The van der Waals surface area contributed by atoms with Gasteiger partial charge in [-0.1, -0.05) is 12.8 Å². The molecule has 0 amide bonds. The van der Waals surface area contributed by atoms with Crippen LogP contribution in [0.4, 0.5) is 0 Å². The summed E-state index contributed by atoms with van der Waals surface area (Å²) in [5, 5.41) is 3.21. The molecule has 0 aromatic carbocycles. The Bertz CT molecular complexity index is 286. The molecule has 15 heavy (non-hydrogen) atoms. The molecule has 1 aliphatic rings. The first-order valence-electron chi connectivity index (χ1n) is 5.76. The van der Waals surface area contributed by atoms with Gasteiger partial charge < -0.3 is 5.32 Å². The van der Waals surface area contributed by atoms with Crippen LogP contribution in [-0.2, 0) is 9.84 Å². The van der Waals surface area contributed by atoms with Gasteiger partial charge in [0.25, 0.3) is 0 Å². The first-order valence-corrected chi connectivity index (χ1v) is 7.41. The molecule has 1 rings (SSSR count). The largest absolute Gasteiger partial charge is 0.316 e. The first-order chi connectivity index (χ1) is 6.83. The summed E-state index contributed by atoms with van der Waals surface area (Å²) in [6.45, 7) is 6.82. The lowest BCUT2D eigenvalue weighted by molar-refractivity contribution is 0.553. The Labute approximate surface area is 93.6 Å². The van der Waals surface area contributed by atoms with Crippen molar-refractivity contribution in [1.29, 1.82) is 0 Å². The van der Waals surface area contributed by atoms with E-state index < -0.39 is 14.6 Å². The number of hydrogen-bond acceptors (Lipinski definition) is 3. The predicted molar refractivity (Wildman–Crippen MR) is 63.8 cm³/mol. The maximum atomic E-state index is 11.7. The van der Waals surface area contributed by atoms with E-state index in [0.717, 1.165) is 12.5 Å². The molecule has 0 aromatic heterocycles. The minimum atomic E-state index is -2.95. The summed E-state index contributed by atoms with van der Waals surface area (Å²) in [7, 11) is -2.95. The van der Waals surface area contributed by atoms with Gasteiger partial charge in [0.1, 0.15) is 0 Å². The molecule has 0 spiro atoms. The molecule has 0 aromatic rings. The van der Waals surface area contributed by atoms with E-state index in [2.05, 4.69) is 5.32 Å². The van der Waals surface area contributed by atoms with Gasteiger partial charge in [-0.25, -0.2) is 8.42 Å². The van der Waals surface area contributed by atoms with E-state index in [9.17, 15) is 8.42 Å². The van der Waals surface area contributed by atoms with Gasteiger partial charge in [0.15, 0.2) is 9.84 Å². The Morgan fingerprint density at radius 2 is 1.80 bits per heavy atom. The second kappa shape index (κ2) is 4.83. The summed E-state index contributed by atoms with van der Waals surface area (Å²) in [4.78, 5) is 0. The van der Waals surface area contributed by atoms with Crippen LogP contribution in [0.25, 0.3) is 0 Å². The molecule has 1 aliphatic carbocycles. The Morgan fingerprint density at radius 3 is 2.27 bits per heavy atom. The standard InChI is InChI=1S/C11H23NO2S/c1-11(2,3)15(13,14)9-8-12-7-6-10-4-5-10/h10,12H,4-9H2,1-3H3. The van der Waals surface area contributed by atoms with Crippen molar-refractivity contribution in [1.82, 2.24) is 5.32 Å². The maximum Gasteiger partial charge on any atom is 0.156 e. The van der Waals surface area contributed by atoms with Crippen LogP contribution in [0, 0.1) is 5.92 Å². The summed E-state index contributed by atoms with van der Waals surface area (Å²) in [6, 6.07) is 0. The number of nitrogens with one attached hydrogen (secondary N) is 1. The fourth-order valence-electron chi connectivity index (χ4n) is 1.35. The number of sulfone groups is 1. The average Bonchev–Trinajstić information content (AvgIpc) is 2.85. The van der Waals surface area contributed by atoms with Gasteiger partial charge in [-0.2, -0.15) is 0 Å². The maximum absolute atomic E-state index is 11.7. The third-order valence-corrected chi connectivity index (χ3v) is 5.51. The van der Waals surface area contributed by atoms with Gasteiger partial charge in [-0.15, -0.1) is 0 Å². The van der Waals surface area contributed by atoms with Crippen LogP contribution < -0.4 is 5.32 Å². The van der Waals surface area contributed by atoms with Crippen LogP contribution in [0.2, 0.25) is 0 Å². The highest BCUT2D eigenvalue weighted by atomic mass is 32.2. The van der Waals surface area contributed by atoms with E-state index in [0.29, 0.717) is 6.54 Å². The predicted octanol–water partition coefficient (Wildman–Crippen LogP) is 1.59. The zero-order valence-corrected chi connectivity index (χ0v) is 10.9. The average molecular weight is 233 g/mol. The molecule has 0 saturated heterocycles. The lowest BCUT2D eigenvalue weighted by Crippen LogP contribution is -2.35. The third-order valence-electron chi connectivity index (χ3n) is 2.91. The normalized spacial score (nSPS) is 18.1. The smallest absolute Gasteiger partial charge is 0.156 e. The Hall–Kier alpha value is -0.0900. The quantitative estimate of drug-likeness (QED) is 0.709. The van der Waals surface area contributed by atoms with Gasteiger partial charge in [-0.05, 0) is 39.7 Å². The van der Waals surface area contributed by atoms with Crippen molar-refractivity contribution < 1.29 is 8.42 Å². The summed E-state index contributed by atoms with van der Waals surface area (Å²) in [5.41, 5.74) is 0. The first kappa shape index (κ1) is 13.0. The van der Waals surface area contributed by atoms with Crippen LogP contribution in [0.3, 0.4) is 0 Å². The van der Waals surface area contributed by atoms with Crippen molar-refractivity contribution in [2.75, 3.05) is 18.8 Å². The van der Waals surface area contributed by atoms with E-state index in [1.54, 1.807) is 20.8 Å². The Kier molecular flexibility index (Phi) is 4.18. The van der Waals surface area contributed by atoms with Gasteiger partial charge in [0.05, 0.1) is 10.5 Å². The Balaban J connectivity index is 2.12. The van der Waals surface area contributed by atoms with Gasteiger partial charge in [-0.3, -0.25) is 0 Å². The molecule has 1 N–H and O–H groups in total. The van der Waals surface area contributed by atoms with Gasteiger partial charge in [0, 0.05) is 6.54 Å². The second-order valence-electron chi connectivity index (χ2n) is 5.41. The molecule has 4 heteroatoms. The van der Waals surface area contributed by atoms with Crippen LogP contribution >= 0.6 is 0 Å². The van der Waals surface area contributed by atoms with E-state index in [1.165, 1.54) is 19.3 Å². The molecule has 0 atom stereocenters. The highest BCUT2D eigenvalue weighted by Crippen LogP contribution is 2.31. The zero-order chi connectivity index (χ0) is 11.5. The Morgan fingerprint density at radius 1 is 1.20 bits per heavy atom. The molecule has 0 unspecified atom stereocenters. The van der Waals surface area contributed by atoms with Crippen molar-refractivity contribution in [3.8, 4) is 0 Å². The molecule has 1 saturated carbocycles. The molecular formula is C11H23NO2S. The molecule has 0 radical (unpaired) electrons. The molecule has 3 nitrogen and oxygen atoms in total. The van der Waals surface area contributed by atoms with E-state index in [1.807, 2.05) is 0 Å². The van der Waals surface area contributed by atoms with E-state index >= 15 is 0 Å². The van der Waals surface area contributed by atoms with Crippen LogP contribution in [-0.4, -0.2) is 32.0 Å². The fraction of sp³-hybridized carbons (Fsp3) is 1.00. The van der Waals surface area contributed by atoms with Crippen LogP contribution in [0.1, 0.15) is 40.0 Å². The van der Waals surface area contributed by atoms with Crippen molar-refractivity contribution >= 4 is 9.84 Å². The molecule has 1 fully saturated rings. The van der Waals surface area contributed by atoms with E-state index in [4.69, 9.17) is 0 Å². The monoisotopic (exact) mass is 233 g/mol.